The third-order valence-corrected chi connectivity index (χ3v) is 9.48. The normalized spacial score (nSPS) is 12.8. The summed E-state index contributed by atoms with van der Waals surface area (Å²) in [5.41, 5.74) is 0. The van der Waals surface area contributed by atoms with E-state index in [0.29, 0.717) is 5.04 Å². The minimum atomic E-state index is -1.57. The van der Waals surface area contributed by atoms with E-state index in [9.17, 15) is 0 Å². The Morgan fingerprint density at radius 1 is 1.17 bits per heavy atom. The van der Waals surface area contributed by atoms with Gasteiger partial charge in [0.05, 0.1) is 0 Å². The second kappa shape index (κ2) is 6.59. The molecule has 1 nitrogen and oxygen atoms in total. The maximum Gasteiger partial charge on any atom is 0.192 e. The Hall–Kier alpha value is 0.227. The molecule has 0 fully saturated rings. The van der Waals surface area contributed by atoms with E-state index in [1.165, 1.54) is 4.90 Å². The van der Waals surface area contributed by atoms with Gasteiger partial charge in [0.1, 0.15) is 0 Å². The molecular formula is C14H23BrOSSi. The Bertz CT molecular complexity index is 370. The predicted octanol–water partition coefficient (Wildman–Crippen LogP) is 5.56. The van der Waals surface area contributed by atoms with E-state index >= 15 is 0 Å². The molecule has 0 spiro atoms. The van der Waals surface area contributed by atoms with Gasteiger partial charge in [0.2, 0.25) is 0 Å². The van der Waals surface area contributed by atoms with E-state index in [0.717, 1.165) is 16.8 Å². The zero-order chi connectivity index (χ0) is 13.8. The van der Waals surface area contributed by atoms with Crippen LogP contribution in [-0.2, 0) is 4.43 Å². The van der Waals surface area contributed by atoms with Crippen LogP contribution in [0.15, 0.2) is 33.6 Å². The molecule has 0 aliphatic carbocycles. The van der Waals surface area contributed by atoms with Crippen molar-refractivity contribution in [3.8, 4) is 0 Å². The monoisotopic (exact) mass is 346 g/mol. The van der Waals surface area contributed by atoms with Crippen LogP contribution < -0.4 is 0 Å². The molecule has 0 unspecified atom stereocenters. The lowest BCUT2D eigenvalue weighted by atomic mass is 10.2. The second-order valence-electron chi connectivity index (χ2n) is 5.91. The quantitative estimate of drug-likeness (QED) is 0.392. The third kappa shape index (κ3) is 5.08. The number of hydrogen-bond donors (Lipinski definition) is 0. The van der Waals surface area contributed by atoms with E-state index in [2.05, 4.69) is 74.1 Å². The summed E-state index contributed by atoms with van der Waals surface area (Å²) in [7, 11) is -1.57. The fourth-order valence-electron chi connectivity index (χ4n) is 1.20. The van der Waals surface area contributed by atoms with Crippen molar-refractivity contribution < 1.29 is 4.43 Å². The minimum absolute atomic E-state index is 0.301. The van der Waals surface area contributed by atoms with E-state index in [-0.39, 0.29) is 0 Å². The number of rotatable bonds is 5. The van der Waals surface area contributed by atoms with Gasteiger partial charge in [-0.15, -0.1) is 11.8 Å². The lowest BCUT2D eigenvalue weighted by molar-refractivity contribution is 0.311. The summed E-state index contributed by atoms with van der Waals surface area (Å²) >= 11 is 5.30. The zero-order valence-electron chi connectivity index (χ0n) is 11.9. The van der Waals surface area contributed by atoms with E-state index < -0.39 is 8.32 Å². The van der Waals surface area contributed by atoms with Crippen molar-refractivity contribution >= 4 is 36.0 Å². The predicted molar refractivity (Wildman–Crippen MR) is 88.0 cm³/mol. The van der Waals surface area contributed by atoms with Crippen molar-refractivity contribution in [2.75, 3.05) is 12.4 Å². The van der Waals surface area contributed by atoms with Gasteiger partial charge in [0, 0.05) is 21.7 Å². The molecule has 1 rings (SSSR count). The standard InChI is InChI=1S/C14H23BrOSSi/c1-14(2,3)18(4,5)16-10-11-17-13-8-6-12(15)7-9-13/h6-9H,10-11H2,1-5H3. The maximum absolute atomic E-state index is 6.15. The van der Waals surface area contributed by atoms with Gasteiger partial charge in [-0.05, 0) is 42.4 Å². The van der Waals surface area contributed by atoms with Crippen molar-refractivity contribution in [2.45, 2.75) is 43.8 Å². The molecule has 102 valence electrons. The average molecular weight is 347 g/mol. The zero-order valence-corrected chi connectivity index (χ0v) is 15.3. The summed E-state index contributed by atoms with van der Waals surface area (Å²) in [5, 5.41) is 0.301. The molecule has 0 aliphatic rings. The summed E-state index contributed by atoms with van der Waals surface area (Å²) in [6.07, 6.45) is 0. The summed E-state index contributed by atoms with van der Waals surface area (Å²) in [4.78, 5) is 1.30. The first-order valence-corrected chi connectivity index (χ1v) is 10.9. The Morgan fingerprint density at radius 2 is 1.72 bits per heavy atom. The van der Waals surface area contributed by atoms with Gasteiger partial charge in [0.15, 0.2) is 8.32 Å². The third-order valence-electron chi connectivity index (χ3n) is 3.43. The molecule has 0 aliphatic heterocycles. The fourth-order valence-corrected chi connectivity index (χ4v) is 3.39. The Kier molecular flexibility index (Phi) is 5.97. The Morgan fingerprint density at radius 3 is 2.22 bits per heavy atom. The number of halogens is 1. The van der Waals surface area contributed by atoms with Gasteiger partial charge in [-0.2, -0.15) is 0 Å². The molecule has 1 aromatic rings. The summed E-state index contributed by atoms with van der Waals surface area (Å²) in [6, 6.07) is 8.44. The minimum Gasteiger partial charge on any atom is -0.416 e. The molecule has 0 N–H and O–H groups in total. The molecule has 0 radical (unpaired) electrons. The second-order valence-corrected chi connectivity index (χ2v) is 12.8. The van der Waals surface area contributed by atoms with Gasteiger partial charge in [-0.3, -0.25) is 0 Å². The smallest absolute Gasteiger partial charge is 0.192 e. The highest BCUT2D eigenvalue weighted by Gasteiger charge is 2.36. The van der Waals surface area contributed by atoms with Crippen molar-refractivity contribution in [2.24, 2.45) is 0 Å². The van der Waals surface area contributed by atoms with Crippen LogP contribution in [0.3, 0.4) is 0 Å². The number of thioether (sulfide) groups is 1. The number of hydrogen-bond acceptors (Lipinski definition) is 2. The van der Waals surface area contributed by atoms with Gasteiger partial charge < -0.3 is 4.43 Å². The highest BCUT2D eigenvalue weighted by molar-refractivity contribution is 9.10. The molecular weight excluding hydrogens is 324 g/mol. The molecule has 0 aromatic heterocycles. The fraction of sp³-hybridized carbons (Fsp3) is 0.571. The first-order chi connectivity index (χ1) is 8.22. The van der Waals surface area contributed by atoms with Crippen LogP contribution in [-0.4, -0.2) is 20.7 Å². The molecule has 0 atom stereocenters. The number of benzene rings is 1. The highest BCUT2D eigenvalue weighted by atomic mass is 79.9. The lowest BCUT2D eigenvalue weighted by Crippen LogP contribution is -2.41. The van der Waals surface area contributed by atoms with E-state index in [1.54, 1.807) is 0 Å². The summed E-state index contributed by atoms with van der Waals surface area (Å²) < 4.78 is 7.28. The Balaban J connectivity index is 2.33. The molecule has 18 heavy (non-hydrogen) atoms. The van der Waals surface area contributed by atoms with Crippen molar-refractivity contribution in [1.29, 1.82) is 0 Å². The van der Waals surface area contributed by atoms with Crippen LogP contribution in [0.4, 0.5) is 0 Å². The highest BCUT2D eigenvalue weighted by Crippen LogP contribution is 2.36. The first-order valence-electron chi connectivity index (χ1n) is 6.25. The average Bonchev–Trinajstić information content (AvgIpc) is 2.25. The molecule has 0 saturated carbocycles. The van der Waals surface area contributed by atoms with Gasteiger partial charge >= 0.3 is 0 Å². The SMILES string of the molecule is CC(C)(C)[Si](C)(C)OCCSc1ccc(Br)cc1. The van der Waals surface area contributed by atoms with Crippen molar-refractivity contribution in [3.63, 3.8) is 0 Å². The molecule has 0 bridgehead atoms. The van der Waals surface area contributed by atoms with E-state index in [1.807, 2.05) is 11.8 Å². The maximum atomic E-state index is 6.15. The lowest BCUT2D eigenvalue weighted by Gasteiger charge is -2.36. The van der Waals surface area contributed by atoms with Gasteiger partial charge in [-0.25, -0.2) is 0 Å². The summed E-state index contributed by atoms with van der Waals surface area (Å²) in [5.74, 6) is 1.02. The van der Waals surface area contributed by atoms with Gasteiger partial charge in [0.25, 0.3) is 0 Å². The molecule has 0 saturated heterocycles. The topological polar surface area (TPSA) is 9.23 Å². The summed E-state index contributed by atoms with van der Waals surface area (Å²) in [6.45, 7) is 12.3. The molecule has 0 amide bonds. The van der Waals surface area contributed by atoms with Crippen LogP contribution in [0.5, 0.6) is 0 Å². The largest absolute Gasteiger partial charge is 0.416 e. The van der Waals surface area contributed by atoms with Crippen LogP contribution in [0.2, 0.25) is 18.1 Å². The van der Waals surface area contributed by atoms with Crippen LogP contribution in [0.25, 0.3) is 0 Å². The molecule has 4 heteroatoms. The first kappa shape index (κ1) is 16.3. The van der Waals surface area contributed by atoms with Crippen molar-refractivity contribution in [1.82, 2.24) is 0 Å². The van der Waals surface area contributed by atoms with Crippen molar-refractivity contribution in [3.05, 3.63) is 28.7 Å². The van der Waals surface area contributed by atoms with Crippen LogP contribution in [0, 0.1) is 0 Å². The van der Waals surface area contributed by atoms with E-state index in [4.69, 9.17) is 4.43 Å². The molecule has 0 heterocycles. The van der Waals surface area contributed by atoms with Gasteiger partial charge in [-0.1, -0.05) is 36.7 Å². The van der Waals surface area contributed by atoms with Crippen LogP contribution in [0.1, 0.15) is 20.8 Å². The molecule has 1 aromatic carbocycles. The van der Waals surface area contributed by atoms with Crippen LogP contribution >= 0.6 is 27.7 Å². The Labute approximate surface area is 125 Å².